The number of carbonyl (C=O) groups is 1. The zero-order chi connectivity index (χ0) is 15.5. The lowest BCUT2D eigenvalue weighted by molar-refractivity contribution is 0.0693. The molecule has 0 fully saturated rings. The molecule has 0 aliphatic carbocycles. The Kier molecular flexibility index (Phi) is 4.20. The number of nitrogens with one attached hydrogen (secondary N) is 1. The van der Waals surface area contributed by atoms with E-state index in [2.05, 4.69) is 9.71 Å². The zero-order valence-electron chi connectivity index (χ0n) is 10.7. The first kappa shape index (κ1) is 14.9. The Morgan fingerprint density at radius 3 is 2.62 bits per heavy atom. The van der Waals surface area contributed by atoms with E-state index in [1.807, 2.05) is 0 Å². The predicted molar refractivity (Wildman–Crippen MR) is 73.3 cm³/mol. The van der Waals surface area contributed by atoms with Crippen LogP contribution in [-0.4, -0.2) is 29.6 Å². The number of aromatic carboxylic acids is 1. The molecule has 1 heterocycles. The second kappa shape index (κ2) is 5.90. The van der Waals surface area contributed by atoms with Crippen molar-refractivity contribution in [3.8, 4) is 5.75 Å². The molecule has 0 bridgehead atoms. The SMILES string of the molecule is O=C(O)c1cc(S(=O)(=O)NCc2ccccn2)ccc1O. The highest BCUT2D eigenvalue weighted by Gasteiger charge is 2.18. The quantitative estimate of drug-likeness (QED) is 0.757. The van der Waals surface area contributed by atoms with Crippen molar-refractivity contribution in [1.29, 1.82) is 0 Å². The van der Waals surface area contributed by atoms with Gasteiger partial charge >= 0.3 is 5.97 Å². The summed E-state index contributed by atoms with van der Waals surface area (Å²) in [5.41, 5.74) is 0.0500. The highest BCUT2D eigenvalue weighted by molar-refractivity contribution is 7.89. The van der Waals surface area contributed by atoms with E-state index >= 15 is 0 Å². The molecule has 110 valence electrons. The minimum atomic E-state index is -3.90. The molecule has 0 amide bonds. The Hall–Kier alpha value is -2.45. The van der Waals surface area contributed by atoms with Gasteiger partial charge in [-0.05, 0) is 30.3 Å². The van der Waals surface area contributed by atoms with Gasteiger partial charge in [0.2, 0.25) is 10.0 Å². The Bertz CT molecular complexity index is 759. The van der Waals surface area contributed by atoms with E-state index in [-0.39, 0.29) is 11.4 Å². The third-order valence-corrected chi connectivity index (χ3v) is 4.08. The number of aromatic hydroxyl groups is 1. The molecule has 1 aromatic carbocycles. The number of pyridine rings is 1. The van der Waals surface area contributed by atoms with Crippen molar-refractivity contribution in [1.82, 2.24) is 9.71 Å². The van der Waals surface area contributed by atoms with E-state index in [4.69, 9.17) is 5.11 Å². The maximum atomic E-state index is 12.1. The smallest absolute Gasteiger partial charge is 0.339 e. The third-order valence-electron chi connectivity index (χ3n) is 2.68. The van der Waals surface area contributed by atoms with Crippen LogP contribution < -0.4 is 4.72 Å². The molecule has 0 atom stereocenters. The summed E-state index contributed by atoms with van der Waals surface area (Å²) >= 11 is 0. The van der Waals surface area contributed by atoms with Crippen LogP contribution >= 0.6 is 0 Å². The number of nitrogens with zero attached hydrogens (tertiary/aromatic N) is 1. The summed E-state index contributed by atoms with van der Waals surface area (Å²) in [6.45, 7) is -0.0214. The number of rotatable bonds is 5. The highest BCUT2D eigenvalue weighted by Crippen LogP contribution is 2.21. The van der Waals surface area contributed by atoms with Gasteiger partial charge in [0.1, 0.15) is 11.3 Å². The molecule has 2 aromatic rings. The lowest BCUT2D eigenvalue weighted by Crippen LogP contribution is -2.24. The molecule has 2 rings (SSSR count). The minimum Gasteiger partial charge on any atom is -0.507 e. The number of carboxylic acids is 1. The first-order valence-electron chi connectivity index (χ1n) is 5.86. The molecule has 8 heteroatoms. The van der Waals surface area contributed by atoms with Crippen LogP contribution in [0.15, 0.2) is 47.5 Å². The summed E-state index contributed by atoms with van der Waals surface area (Å²) in [6.07, 6.45) is 1.53. The Balaban J connectivity index is 2.24. The maximum Gasteiger partial charge on any atom is 0.339 e. The fourth-order valence-corrected chi connectivity index (χ4v) is 2.63. The molecule has 21 heavy (non-hydrogen) atoms. The van der Waals surface area contributed by atoms with Gasteiger partial charge in [-0.1, -0.05) is 6.07 Å². The van der Waals surface area contributed by atoms with Gasteiger partial charge in [0.25, 0.3) is 0 Å². The number of aromatic nitrogens is 1. The molecular weight excluding hydrogens is 296 g/mol. The molecule has 0 saturated carbocycles. The Morgan fingerprint density at radius 1 is 1.24 bits per heavy atom. The van der Waals surface area contributed by atoms with Crippen LogP contribution in [0.2, 0.25) is 0 Å². The lowest BCUT2D eigenvalue weighted by Gasteiger charge is -2.08. The van der Waals surface area contributed by atoms with Crippen LogP contribution in [-0.2, 0) is 16.6 Å². The van der Waals surface area contributed by atoms with Crippen LogP contribution in [0.5, 0.6) is 5.75 Å². The third kappa shape index (κ3) is 3.56. The number of sulfonamides is 1. The lowest BCUT2D eigenvalue weighted by atomic mass is 10.2. The van der Waals surface area contributed by atoms with Crippen LogP contribution in [0.4, 0.5) is 0 Å². The molecule has 0 aliphatic rings. The fourth-order valence-electron chi connectivity index (χ4n) is 1.61. The van der Waals surface area contributed by atoms with Crippen molar-refractivity contribution < 1.29 is 23.4 Å². The van der Waals surface area contributed by atoms with Crippen molar-refractivity contribution in [2.45, 2.75) is 11.4 Å². The molecule has 0 spiro atoms. The Labute approximate surface area is 120 Å². The Morgan fingerprint density at radius 2 is 2.00 bits per heavy atom. The summed E-state index contributed by atoms with van der Waals surface area (Å²) < 4.78 is 26.5. The molecule has 1 aromatic heterocycles. The number of carboxylic acid groups (broad SMARTS) is 1. The van der Waals surface area contributed by atoms with Crippen LogP contribution in [0.25, 0.3) is 0 Å². The van der Waals surface area contributed by atoms with E-state index in [1.54, 1.807) is 18.2 Å². The van der Waals surface area contributed by atoms with Gasteiger partial charge in [-0.15, -0.1) is 0 Å². The van der Waals surface area contributed by atoms with Gasteiger partial charge in [0.05, 0.1) is 17.1 Å². The van der Waals surface area contributed by atoms with Gasteiger partial charge in [0, 0.05) is 6.20 Å². The van der Waals surface area contributed by atoms with E-state index in [1.165, 1.54) is 6.20 Å². The second-order valence-corrected chi connectivity index (χ2v) is 5.90. The van der Waals surface area contributed by atoms with E-state index < -0.39 is 27.3 Å². The topological polar surface area (TPSA) is 117 Å². The minimum absolute atomic E-state index is 0.0214. The first-order chi connectivity index (χ1) is 9.90. The van der Waals surface area contributed by atoms with E-state index in [9.17, 15) is 18.3 Å². The first-order valence-corrected chi connectivity index (χ1v) is 7.34. The number of hydrogen-bond donors (Lipinski definition) is 3. The predicted octanol–water partition coefficient (Wildman–Crippen LogP) is 0.964. The molecule has 0 aliphatic heterocycles. The van der Waals surface area contributed by atoms with Crippen LogP contribution in [0.1, 0.15) is 16.1 Å². The molecule has 7 nitrogen and oxygen atoms in total. The van der Waals surface area contributed by atoms with Crippen molar-refractivity contribution in [2.75, 3.05) is 0 Å². The summed E-state index contributed by atoms with van der Waals surface area (Å²) in [4.78, 5) is 14.6. The van der Waals surface area contributed by atoms with Crippen molar-refractivity contribution >= 4 is 16.0 Å². The average molecular weight is 308 g/mol. The fraction of sp³-hybridized carbons (Fsp3) is 0.0769. The second-order valence-electron chi connectivity index (χ2n) is 4.13. The molecule has 3 N–H and O–H groups in total. The van der Waals surface area contributed by atoms with Crippen molar-refractivity contribution in [2.24, 2.45) is 0 Å². The standard InChI is InChI=1S/C13H12N2O5S/c16-12-5-4-10(7-11(12)13(17)18)21(19,20)15-8-9-3-1-2-6-14-9/h1-7,15-16H,8H2,(H,17,18). The van der Waals surface area contributed by atoms with Crippen LogP contribution in [0, 0.1) is 0 Å². The summed E-state index contributed by atoms with van der Waals surface area (Å²) in [6, 6.07) is 8.14. The molecule has 0 unspecified atom stereocenters. The highest BCUT2D eigenvalue weighted by atomic mass is 32.2. The van der Waals surface area contributed by atoms with Gasteiger partial charge in [-0.25, -0.2) is 17.9 Å². The summed E-state index contributed by atoms with van der Waals surface area (Å²) in [5.74, 6) is -1.90. The normalized spacial score (nSPS) is 11.2. The maximum absolute atomic E-state index is 12.1. The van der Waals surface area contributed by atoms with Gasteiger partial charge in [-0.2, -0.15) is 0 Å². The molecule has 0 radical (unpaired) electrons. The van der Waals surface area contributed by atoms with E-state index in [0.717, 1.165) is 18.2 Å². The monoisotopic (exact) mass is 308 g/mol. The number of benzene rings is 1. The van der Waals surface area contributed by atoms with Crippen molar-refractivity contribution in [3.05, 3.63) is 53.9 Å². The molecular formula is C13H12N2O5S. The number of phenols is 1. The zero-order valence-corrected chi connectivity index (χ0v) is 11.5. The largest absolute Gasteiger partial charge is 0.507 e. The van der Waals surface area contributed by atoms with Crippen LogP contribution in [0.3, 0.4) is 0 Å². The van der Waals surface area contributed by atoms with Gasteiger partial charge in [0.15, 0.2) is 0 Å². The average Bonchev–Trinajstić information content (AvgIpc) is 2.46. The summed E-state index contributed by atoms with van der Waals surface area (Å²) in [7, 11) is -3.90. The number of hydrogen-bond acceptors (Lipinski definition) is 5. The van der Waals surface area contributed by atoms with Gasteiger partial charge < -0.3 is 10.2 Å². The molecule has 0 saturated heterocycles. The van der Waals surface area contributed by atoms with Gasteiger partial charge in [-0.3, -0.25) is 4.98 Å². The summed E-state index contributed by atoms with van der Waals surface area (Å²) in [5, 5.41) is 18.3. The van der Waals surface area contributed by atoms with E-state index in [0.29, 0.717) is 5.69 Å². The van der Waals surface area contributed by atoms with Crippen molar-refractivity contribution in [3.63, 3.8) is 0 Å².